The van der Waals surface area contributed by atoms with Gasteiger partial charge in [-0.1, -0.05) is 44.5 Å². The number of piperidine rings is 1. The van der Waals surface area contributed by atoms with Crippen LogP contribution in [0.15, 0.2) is 24.3 Å². The van der Waals surface area contributed by atoms with Crippen molar-refractivity contribution in [2.45, 2.75) is 45.6 Å². The lowest BCUT2D eigenvalue weighted by Gasteiger charge is -2.26. The fourth-order valence-corrected chi connectivity index (χ4v) is 2.43. The largest absolute Gasteiger partial charge is 0.299 e. The van der Waals surface area contributed by atoms with Crippen LogP contribution in [0.5, 0.6) is 0 Å². The summed E-state index contributed by atoms with van der Waals surface area (Å²) in [7, 11) is 0. The van der Waals surface area contributed by atoms with E-state index in [1.54, 1.807) is 0 Å². The Kier molecular flexibility index (Phi) is 4.00. The lowest BCUT2D eigenvalue weighted by Crippen LogP contribution is -2.29. The molecule has 1 heterocycles. The third-order valence-corrected chi connectivity index (χ3v) is 3.47. The zero-order valence-corrected chi connectivity index (χ0v) is 10.6. The van der Waals surface area contributed by atoms with Gasteiger partial charge in [0.15, 0.2) is 0 Å². The molecule has 0 unspecified atom stereocenters. The van der Waals surface area contributed by atoms with Crippen molar-refractivity contribution < 1.29 is 0 Å². The Hall–Kier alpha value is -0.820. The van der Waals surface area contributed by atoms with Gasteiger partial charge in [0.25, 0.3) is 0 Å². The number of hydrogen-bond acceptors (Lipinski definition) is 1. The summed E-state index contributed by atoms with van der Waals surface area (Å²) in [6.07, 6.45) is 4.18. The van der Waals surface area contributed by atoms with Gasteiger partial charge in [0.2, 0.25) is 0 Å². The van der Waals surface area contributed by atoms with Crippen LogP contribution in [0.4, 0.5) is 0 Å². The molecular formula is C15H23N. The fourth-order valence-electron chi connectivity index (χ4n) is 2.43. The first-order valence-electron chi connectivity index (χ1n) is 6.57. The zero-order valence-electron chi connectivity index (χ0n) is 10.6. The quantitative estimate of drug-likeness (QED) is 0.744. The molecule has 0 bridgehead atoms. The third kappa shape index (κ3) is 3.08. The SMILES string of the molecule is CC(C)c1cccc(CN2CCCCC2)c1. The molecule has 0 aliphatic carbocycles. The van der Waals surface area contributed by atoms with Gasteiger partial charge in [0.1, 0.15) is 0 Å². The van der Waals surface area contributed by atoms with Crippen molar-refractivity contribution in [2.24, 2.45) is 0 Å². The first-order valence-corrected chi connectivity index (χ1v) is 6.57. The second kappa shape index (κ2) is 5.49. The van der Waals surface area contributed by atoms with Crippen molar-refractivity contribution in [3.8, 4) is 0 Å². The Morgan fingerprint density at radius 2 is 1.88 bits per heavy atom. The highest BCUT2D eigenvalue weighted by Crippen LogP contribution is 2.18. The van der Waals surface area contributed by atoms with E-state index in [0.29, 0.717) is 5.92 Å². The second-order valence-electron chi connectivity index (χ2n) is 5.24. The van der Waals surface area contributed by atoms with E-state index in [9.17, 15) is 0 Å². The summed E-state index contributed by atoms with van der Waals surface area (Å²) in [5.41, 5.74) is 2.95. The standard InChI is InChI=1S/C15H23N/c1-13(2)15-8-6-7-14(11-15)12-16-9-4-3-5-10-16/h6-8,11,13H,3-5,9-10,12H2,1-2H3. The molecule has 1 aromatic carbocycles. The Morgan fingerprint density at radius 3 is 2.56 bits per heavy atom. The maximum absolute atomic E-state index is 2.59. The monoisotopic (exact) mass is 217 g/mol. The number of hydrogen-bond donors (Lipinski definition) is 0. The summed E-state index contributed by atoms with van der Waals surface area (Å²) in [5, 5.41) is 0. The van der Waals surface area contributed by atoms with E-state index in [-0.39, 0.29) is 0 Å². The lowest BCUT2D eigenvalue weighted by molar-refractivity contribution is 0.221. The molecule has 2 rings (SSSR count). The van der Waals surface area contributed by atoms with Crippen LogP contribution in [0.3, 0.4) is 0 Å². The molecule has 1 fully saturated rings. The average Bonchev–Trinajstić information content (AvgIpc) is 2.30. The second-order valence-corrected chi connectivity index (χ2v) is 5.24. The Bertz CT molecular complexity index is 324. The van der Waals surface area contributed by atoms with Gasteiger partial charge in [-0.3, -0.25) is 4.90 Å². The molecule has 16 heavy (non-hydrogen) atoms. The van der Waals surface area contributed by atoms with Gasteiger partial charge in [0.05, 0.1) is 0 Å². The molecule has 1 heteroatoms. The van der Waals surface area contributed by atoms with Gasteiger partial charge in [-0.25, -0.2) is 0 Å². The van der Waals surface area contributed by atoms with Gasteiger partial charge in [-0.05, 0) is 43.0 Å². The van der Waals surface area contributed by atoms with E-state index in [2.05, 4.69) is 43.0 Å². The highest BCUT2D eigenvalue weighted by molar-refractivity contribution is 5.25. The molecule has 88 valence electrons. The topological polar surface area (TPSA) is 3.24 Å². The summed E-state index contributed by atoms with van der Waals surface area (Å²) < 4.78 is 0. The fraction of sp³-hybridized carbons (Fsp3) is 0.600. The summed E-state index contributed by atoms with van der Waals surface area (Å²) in [4.78, 5) is 2.59. The number of likely N-dealkylation sites (tertiary alicyclic amines) is 1. The first kappa shape index (κ1) is 11.7. The molecular weight excluding hydrogens is 194 g/mol. The maximum Gasteiger partial charge on any atom is 0.0233 e. The molecule has 1 nitrogen and oxygen atoms in total. The number of benzene rings is 1. The van der Waals surface area contributed by atoms with Crippen LogP contribution in [0.2, 0.25) is 0 Å². The molecule has 0 atom stereocenters. The zero-order chi connectivity index (χ0) is 11.4. The molecule has 1 aromatic rings. The van der Waals surface area contributed by atoms with E-state index >= 15 is 0 Å². The van der Waals surface area contributed by atoms with Crippen LogP contribution in [0, 0.1) is 0 Å². The van der Waals surface area contributed by atoms with Gasteiger partial charge < -0.3 is 0 Å². The Labute approximate surface area is 99.5 Å². The van der Waals surface area contributed by atoms with Gasteiger partial charge >= 0.3 is 0 Å². The van der Waals surface area contributed by atoms with Crippen molar-refractivity contribution >= 4 is 0 Å². The van der Waals surface area contributed by atoms with Crippen molar-refractivity contribution in [2.75, 3.05) is 13.1 Å². The smallest absolute Gasteiger partial charge is 0.0233 e. The Balaban J connectivity index is 2.00. The van der Waals surface area contributed by atoms with E-state index in [0.717, 1.165) is 6.54 Å². The van der Waals surface area contributed by atoms with E-state index in [1.165, 1.54) is 43.5 Å². The summed E-state index contributed by atoms with van der Waals surface area (Å²) in [6, 6.07) is 9.08. The van der Waals surface area contributed by atoms with Crippen molar-refractivity contribution in [3.05, 3.63) is 35.4 Å². The van der Waals surface area contributed by atoms with E-state index < -0.39 is 0 Å². The van der Waals surface area contributed by atoms with Gasteiger partial charge in [0, 0.05) is 6.54 Å². The van der Waals surface area contributed by atoms with Crippen LogP contribution >= 0.6 is 0 Å². The summed E-state index contributed by atoms with van der Waals surface area (Å²) >= 11 is 0. The molecule has 0 radical (unpaired) electrons. The molecule has 0 aromatic heterocycles. The Morgan fingerprint density at radius 1 is 1.12 bits per heavy atom. The van der Waals surface area contributed by atoms with Crippen molar-refractivity contribution in [1.82, 2.24) is 4.90 Å². The maximum atomic E-state index is 2.59. The first-order chi connectivity index (χ1) is 7.75. The minimum Gasteiger partial charge on any atom is -0.299 e. The molecule has 1 aliphatic heterocycles. The van der Waals surface area contributed by atoms with Crippen LogP contribution < -0.4 is 0 Å². The molecule has 1 aliphatic rings. The molecule has 0 saturated carbocycles. The molecule has 1 saturated heterocycles. The summed E-state index contributed by atoms with van der Waals surface area (Å²) in [6.45, 7) is 8.23. The minimum absolute atomic E-state index is 0.640. The predicted molar refractivity (Wildman–Crippen MR) is 69.7 cm³/mol. The average molecular weight is 217 g/mol. The molecule has 0 amide bonds. The van der Waals surface area contributed by atoms with Crippen molar-refractivity contribution in [1.29, 1.82) is 0 Å². The van der Waals surface area contributed by atoms with Crippen LogP contribution in [-0.2, 0) is 6.54 Å². The normalized spacial score (nSPS) is 17.9. The molecule has 0 spiro atoms. The van der Waals surface area contributed by atoms with Crippen LogP contribution in [0.1, 0.15) is 50.2 Å². The third-order valence-electron chi connectivity index (χ3n) is 3.47. The van der Waals surface area contributed by atoms with E-state index in [1.807, 2.05) is 0 Å². The highest BCUT2D eigenvalue weighted by atomic mass is 15.1. The summed E-state index contributed by atoms with van der Waals surface area (Å²) in [5.74, 6) is 0.640. The van der Waals surface area contributed by atoms with Crippen molar-refractivity contribution in [3.63, 3.8) is 0 Å². The minimum atomic E-state index is 0.640. The van der Waals surface area contributed by atoms with Crippen LogP contribution in [0.25, 0.3) is 0 Å². The van der Waals surface area contributed by atoms with Gasteiger partial charge in [-0.2, -0.15) is 0 Å². The highest BCUT2D eigenvalue weighted by Gasteiger charge is 2.10. The number of nitrogens with zero attached hydrogens (tertiary/aromatic N) is 1. The number of rotatable bonds is 3. The van der Waals surface area contributed by atoms with Gasteiger partial charge in [-0.15, -0.1) is 0 Å². The van der Waals surface area contributed by atoms with E-state index in [4.69, 9.17) is 0 Å². The lowest BCUT2D eigenvalue weighted by atomic mass is 10.0. The van der Waals surface area contributed by atoms with Crippen LogP contribution in [-0.4, -0.2) is 18.0 Å². The molecule has 0 N–H and O–H groups in total. The predicted octanol–water partition coefficient (Wildman–Crippen LogP) is 3.80.